The fourth-order valence-electron chi connectivity index (χ4n) is 1.09. The van der Waals surface area contributed by atoms with Gasteiger partial charge in [-0.05, 0) is 26.7 Å². The lowest BCUT2D eigenvalue weighted by atomic mass is 9.91. The van der Waals surface area contributed by atoms with E-state index in [-0.39, 0.29) is 24.9 Å². The van der Waals surface area contributed by atoms with E-state index in [1.54, 1.807) is 13.8 Å². The van der Waals surface area contributed by atoms with Crippen LogP contribution in [0.3, 0.4) is 0 Å². The van der Waals surface area contributed by atoms with Gasteiger partial charge < -0.3 is 4.74 Å². The summed E-state index contributed by atoms with van der Waals surface area (Å²) in [5.74, 6) is -0.171. The van der Waals surface area contributed by atoms with Crippen molar-refractivity contribution < 1.29 is 17.9 Å². The first-order valence-electron chi connectivity index (χ1n) is 6.39. The Bertz CT molecular complexity index is 349. The monoisotopic (exact) mass is 279 g/mol. The number of sulfonamides is 1. The van der Waals surface area contributed by atoms with E-state index in [4.69, 9.17) is 4.74 Å². The van der Waals surface area contributed by atoms with Crippen LogP contribution in [0.5, 0.6) is 0 Å². The minimum absolute atomic E-state index is 0.0770. The van der Waals surface area contributed by atoms with Gasteiger partial charge in [-0.25, -0.2) is 13.1 Å². The Labute approximate surface area is 110 Å². The molecule has 0 bridgehead atoms. The van der Waals surface area contributed by atoms with Crippen molar-refractivity contribution in [2.75, 3.05) is 18.9 Å². The van der Waals surface area contributed by atoms with Crippen LogP contribution < -0.4 is 4.72 Å². The molecule has 0 amide bonds. The minimum atomic E-state index is -3.22. The molecule has 0 aliphatic heterocycles. The van der Waals surface area contributed by atoms with Crippen molar-refractivity contribution in [1.29, 1.82) is 0 Å². The molecular formula is C12H25NO4S. The number of rotatable bonds is 9. The highest BCUT2D eigenvalue weighted by Gasteiger charge is 2.26. The van der Waals surface area contributed by atoms with Gasteiger partial charge in [-0.3, -0.25) is 4.79 Å². The number of carbonyl (C=O) groups excluding carboxylic acids is 1. The maximum absolute atomic E-state index is 11.6. The predicted octanol–water partition coefficient (Wildman–Crippen LogP) is 1.69. The first-order chi connectivity index (χ1) is 8.25. The van der Waals surface area contributed by atoms with Crippen molar-refractivity contribution in [1.82, 2.24) is 4.72 Å². The zero-order valence-electron chi connectivity index (χ0n) is 11.8. The lowest BCUT2D eigenvalue weighted by Crippen LogP contribution is -2.32. The standard InChI is InChI=1S/C12H25NO4S/c1-5-7-10-18(15,16)13-8-9-17-11(14)12(3,4)6-2/h13H,5-10H2,1-4H3. The predicted molar refractivity (Wildman–Crippen MR) is 71.7 cm³/mol. The van der Waals surface area contributed by atoms with Crippen LogP contribution in [0.2, 0.25) is 0 Å². The number of carbonyl (C=O) groups is 1. The normalized spacial score (nSPS) is 12.4. The molecule has 108 valence electrons. The van der Waals surface area contributed by atoms with Crippen molar-refractivity contribution in [3.05, 3.63) is 0 Å². The van der Waals surface area contributed by atoms with E-state index in [0.717, 1.165) is 6.42 Å². The van der Waals surface area contributed by atoms with E-state index in [0.29, 0.717) is 12.8 Å². The summed E-state index contributed by atoms with van der Waals surface area (Å²) in [4.78, 5) is 11.6. The average molecular weight is 279 g/mol. The molecule has 0 radical (unpaired) electrons. The van der Waals surface area contributed by atoms with Crippen LogP contribution in [0.15, 0.2) is 0 Å². The lowest BCUT2D eigenvalue weighted by molar-refractivity contribution is -0.153. The van der Waals surface area contributed by atoms with E-state index in [1.807, 2.05) is 13.8 Å². The van der Waals surface area contributed by atoms with Crippen molar-refractivity contribution in [2.45, 2.75) is 47.0 Å². The van der Waals surface area contributed by atoms with Gasteiger partial charge in [0, 0.05) is 6.54 Å². The van der Waals surface area contributed by atoms with Crippen molar-refractivity contribution in [3.63, 3.8) is 0 Å². The van der Waals surface area contributed by atoms with Crippen LogP contribution in [-0.2, 0) is 19.6 Å². The third-order valence-corrected chi connectivity index (χ3v) is 4.33. The molecule has 0 unspecified atom stereocenters. The summed E-state index contributed by atoms with van der Waals surface area (Å²) in [6.07, 6.45) is 2.16. The first kappa shape index (κ1) is 17.4. The molecule has 0 aromatic rings. The second kappa shape index (κ2) is 7.74. The summed E-state index contributed by atoms with van der Waals surface area (Å²) < 4.78 is 30.3. The maximum atomic E-state index is 11.6. The van der Waals surface area contributed by atoms with E-state index in [2.05, 4.69) is 4.72 Å². The van der Waals surface area contributed by atoms with Crippen LogP contribution in [0, 0.1) is 5.41 Å². The number of hydrogen-bond donors (Lipinski definition) is 1. The Kier molecular flexibility index (Phi) is 7.47. The molecule has 0 fully saturated rings. The molecule has 0 atom stereocenters. The Morgan fingerprint density at radius 1 is 1.28 bits per heavy atom. The number of unbranched alkanes of at least 4 members (excludes halogenated alkanes) is 1. The molecule has 0 aliphatic rings. The zero-order chi connectivity index (χ0) is 14.2. The van der Waals surface area contributed by atoms with Gasteiger partial charge in [0.25, 0.3) is 0 Å². The maximum Gasteiger partial charge on any atom is 0.311 e. The van der Waals surface area contributed by atoms with Crippen LogP contribution in [0.25, 0.3) is 0 Å². The highest BCUT2D eigenvalue weighted by molar-refractivity contribution is 7.89. The fraction of sp³-hybridized carbons (Fsp3) is 0.917. The summed E-state index contributed by atoms with van der Waals surface area (Å²) in [6, 6.07) is 0. The number of hydrogen-bond acceptors (Lipinski definition) is 4. The molecule has 0 rings (SSSR count). The number of ether oxygens (including phenoxy) is 1. The topological polar surface area (TPSA) is 72.5 Å². The van der Waals surface area contributed by atoms with Crippen molar-refractivity contribution >= 4 is 16.0 Å². The Morgan fingerprint density at radius 2 is 1.89 bits per heavy atom. The average Bonchev–Trinajstić information content (AvgIpc) is 2.31. The molecule has 0 saturated heterocycles. The SMILES string of the molecule is CCCCS(=O)(=O)NCCOC(=O)C(C)(C)CC. The molecule has 0 aliphatic carbocycles. The Balaban J connectivity index is 3.91. The summed E-state index contributed by atoms with van der Waals surface area (Å²) in [6.45, 7) is 7.67. The highest BCUT2D eigenvalue weighted by atomic mass is 32.2. The van der Waals surface area contributed by atoms with Crippen molar-refractivity contribution in [2.24, 2.45) is 5.41 Å². The van der Waals surface area contributed by atoms with Gasteiger partial charge in [-0.1, -0.05) is 20.3 Å². The smallest absolute Gasteiger partial charge is 0.311 e. The van der Waals surface area contributed by atoms with Gasteiger partial charge in [0.2, 0.25) is 10.0 Å². The fourth-order valence-corrected chi connectivity index (χ4v) is 2.29. The van der Waals surface area contributed by atoms with E-state index in [9.17, 15) is 13.2 Å². The summed E-state index contributed by atoms with van der Waals surface area (Å²) in [5.41, 5.74) is -0.513. The summed E-state index contributed by atoms with van der Waals surface area (Å²) in [5, 5.41) is 0. The third-order valence-electron chi connectivity index (χ3n) is 2.86. The molecule has 0 saturated carbocycles. The number of esters is 1. The minimum Gasteiger partial charge on any atom is -0.464 e. The van der Waals surface area contributed by atoms with Crippen LogP contribution in [0.1, 0.15) is 47.0 Å². The van der Waals surface area contributed by atoms with Crippen molar-refractivity contribution in [3.8, 4) is 0 Å². The molecule has 0 aromatic heterocycles. The Hall–Kier alpha value is -0.620. The lowest BCUT2D eigenvalue weighted by Gasteiger charge is -2.20. The highest BCUT2D eigenvalue weighted by Crippen LogP contribution is 2.21. The molecule has 18 heavy (non-hydrogen) atoms. The molecule has 5 nitrogen and oxygen atoms in total. The van der Waals surface area contributed by atoms with Gasteiger partial charge in [0.15, 0.2) is 0 Å². The molecule has 0 aromatic carbocycles. The first-order valence-corrected chi connectivity index (χ1v) is 8.05. The van der Waals surface area contributed by atoms with E-state index in [1.165, 1.54) is 0 Å². The molecule has 0 heterocycles. The van der Waals surface area contributed by atoms with E-state index < -0.39 is 15.4 Å². The summed E-state index contributed by atoms with van der Waals surface area (Å²) >= 11 is 0. The van der Waals surface area contributed by atoms with Crippen LogP contribution >= 0.6 is 0 Å². The largest absolute Gasteiger partial charge is 0.464 e. The van der Waals surface area contributed by atoms with Crippen LogP contribution in [-0.4, -0.2) is 33.3 Å². The molecular weight excluding hydrogens is 254 g/mol. The van der Waals surface area contributed by atoms with Gasteiger partial charge in [-0.15, -0.1) is 0 Å². The van der Waals surface area contributed by atoms with Gasteiger partial charge in [0.1, 0.15) is 6.61 Å². The second-order valence-electron chi connectivity index (χ2n) is 4.94. The van der Waals surface area contributed by atoms with Gasteiger partial charge in [0.05, 0.1) is 11.2 Å². The summed E-state index contributed by atoms with van der Waals surface area (Å²) in [7, 11) is -3.22. The van der Waals surface area contributed by atoms with Crippen LogP contribution in [0.4, 0.5) is 0 Å². The molecule has 0 spiro atoms. The van der Waals surface area contributed by atoms with Gasteiger partial charge >= 0.3 is 5.97 Å². The molecule has 1 N–H and O–H groups in total. The quantitative estimate of drug-likeness (QED) is 0.515. The van der Waals surface area contributed by atoms with E-state index >= 15 is 0 Å². The number of nitrogens with one attached hydrogen (secondary N) is 1. The second-order valence-corrected chi connectivity index (χ2v) is 6.87. The Morgan fingerprint density at radius 3 is 2.39 bits per heavy atom. The third kappa shape index (κ3) is 6.96. The van der Waals surface area contributed by atoms with Gasteiger partial charge in [-0.2, -0.15) is 0 Å². The zero-order valence-corrected chi connectivity index (χ0v) is 12.6. The molecule has 6 heteroatoms.